The van der Waals surface area contributed by atoms with Crippen LogP contribution in [0.4, 0.5) is 18.0 Å². The molecule has 1 amide bonds. The van der Waals surface area contributed by atoms with Crippen molar-refractivity contribution in [1.29, 1.82) is 0 Å². The van der Waals surface area contributed by atoms with E-state index < -0.39 is 52.7 Å². The molecule has 4 rings (SSSR count). The number of halogens is 3. The van der Waals surface area contributed by atoms with E-state index in [1.807, 2.05) is 6.07 Å². The highest BCUT2D eigenvalue weighted by molar-refractivity contribution is 5.85. The maximum absolute atomic E-state index is 13.8. The van der Waals surface area contributed by atoms with Crippen molar-refractivity contribution in [3.63, 3.8) is 0 Å². The van der Waals surface area contributed by atoms with Crippen LogP contribution >= 0.6 is 0 Å². The zero-order valence-corrected chi connectivity index (χ0v) is 21.4. The number of ether oxygens (including phenoxy) is 3. The molecule has 1 heterocycles. The van der Waals surface area contributed by atoms with Crippen molar-refractivity contribution in [2.75, 3.05) is 0 Å². The summed E-state index contributed by atoms with van der Waals surface area (Å²) < 4.78 is 62.2. The van der Waals surface area contributed by atoms with Gasteiger partial charge in [-0.15, -0.1) is 0 Å². The first-order chi connectivity index (χ1) is 19.0. The highest BCUT2D eigenvalue weighted by Gasteiger charge is 2.40. The highest BCUT2D eigenvalue weighted by atomic mass is 19.4. The Balaban J connectivity index is 1.55. The van der Waals surface area contributed by atoms with Crippen molar-refractivity contribution >= 4 is 23.0 Å². The summed E-state index contributed by atoms with van der Waals surface area (Å²) in [6.07, 6.45) is -5.92. The predicted octanol–water partition coefficient (Wildman–Crippen LogP) is 6.46. The molecule has 1 atom stereocenters. The molecule has 0 aliphatic rings. The van der Waals surface area contributed by atoms with Crippen LogP contribution in [0.1, 0.15) is 25.2 Å². The van der Waals surface area contributed by atoms with E-state index in [0.717, 1.165) is 17.7 Å². The first kappa shape index (κ1) is 28.2. The average Bonchev–Trinajstić information content (AvgIpc) is 2.92. The number of esters is 1. The van der Waals surface area contributed by atoms with E-state index in [9.17, 15) is 27.6 Å². The molecule has 11 heteroatoms. The monoisotopic (exact) mass is 555 g/mol. The fourth-order valence-electron chi connectivity index (χ4n) is 3.67. The SMILES string of the molecule is CC(C)C(NC(=O)OCc1ccccc1)C(=O)Oc1ccc2c(=O)c(Oc3ccccc3)c(C(F)(F)F)oc2c1. The van der Waals surface area contributed by atoms with E-state index in [0.29, 0.717) is 0 Å². The molecule has 0 bridgehead atoms. The minimum atomic E-state index is -5.06. The summed E-state index contributed by atoms with van der Waals surface area (Å²) in [5.41, 5.74) is -0.785. The molecule has 0 radical (unpaired) electrons. The number of carbonyl (C=O) groups excluding carboxylic acids is 2. The molecule has 0 saturated heterocycles. The van der Waals surface area contributed by atoms with E-state index >= 15 is 0 Å². The second-order valence-electron chi connectivity index (χ2n) is 9.01. The summed E-state index contributed by atoms with van der Waals surface area (Å²) in [6.45, 7) is 3.30. The minimum absolute atomic E-state index is 0.0136. The quantitative estimate of drug-likeness (QED) is 0.197. The molecular formula is C29H24F3NO7. The number of fused-ring (bicyclic) bond motifs is 1. The molecule has 0 aliphatic heterocycles. The van der Waals surface area contributed by atoms with Gasteiger partial charge in [0.1, 0.15) is 29.7 Å². The number of nitrogens with one attached hydrogen (secondary N) is 1. The van der Waals surface area contributed by atoms with Gasteiger partial charge in [0.05, 0.1) is 5.39 Å². The molecule has 0 spiro atoms. The van der Waals surface area contributed by atoms with Gasteiger partial charge < -0.3 is 23.9 Å². The lowest BCUT2D eigenvalue weighted by Crippen LogP contribution is -2.46. The number of para-hydroxylation sites is 1. The normalized spacial score (nSPS) is 12.2. The van der Waals surface area contributed by atoms with Crippen LogP contribution in [0.2, 0.25) is 0 Å². The van der Waals surface area contributed by atoms with Gasteiger partial charge in [-0.25, -0.2) is 9.59 Å². The Morgan fingerprint density at radius 3 is 2.20 bits per heavy atom. The number of alkyl halides is 3. The van der Waals surface area contributed by atoms with E-state index in [4.69, 9.17) is 18.6 Å². The Bertz CT molecular complexity index is 1550. The Hall–Kier alpha value is -4.80. The summed E-state index contributed by atoms with van der Waals surface area (Å²) in [6, 6.07) is 18.6. The van der Waals surface area contributed by atoms with E-state index in [1.54, 1.807) is 44.2 Å². The average molecular weight is 556 g/mol. The fraction of sp³-hybridized carbons (Fsp3) is 0.207. The smallest absolute Gasteiger partial charge is 0.449 e. The Kier molecular flexibility index (Phi) is 8.42. The molecule has 1 aromatic heterocycles. The first-order valence-corrected chi connectivity index (χ1v) is 12.1. The summed E-state index contributed by atoms with van der Waals surface area (Å²) in [5.74, 6) is -4.16. The van der Waals surface area contributed by atoms with Crippen molar-refractivity contribution < 1.29 is 41.4 Å². The number of hydrogen-bond acceptors (Lipinski definition) is 7. The second-order valence-corrected chi connectivity index (χ2v) is 9.01. The lowest BCUT2D eigenvalue weighted by atomic mass is 10.1. The third kappa shape index (κ3) is 6.79. The second kappa shape index (κ2) is 11.9. The molecule has 8 nitrogen and oxygen atoms in total. The third-order valence-corrected chi connectivity index (χ3v) is 5.67. The van der Waals surface area contributed by atoms with Crippen LogP contribution in [0.3, 0.4) is 0 Å². The van der Waals surface area contributed by atoms with Crippen molar-refractivity contribution in [2.45, 2.75) is 32.7 Å². The summed E-state index contributed by atoms with van der Waals surface area (Å²) in [7, 11) is 0. The molecule has 208 valence electrons. The lowest BCUT2D eigenvalue weighted by Gasteiger charge is -2.20. The van der Waals surface area contributed by atoms with Crippen LogP contribution in [0.15, 0.2) is 88.1 Å². The highest BCUT2D eigenvalue weighted by Crippen LogP contribution is 2.38. The Morgan fingerprint density at radius 2 is 1.57 bits per heavy atom. The lowest BCUT2D eigenvalue weighted by molar-refractivity contribution is -0.154. The van der Waals surface area contributed by atoms with Crippen LogP contribution in [-0.4, -0.2) is 18.1 Å². The zero-order chi connectivity index (χ0) is 28.9. The standard InChI is InChI=1S/C29H24F3NO7/c1-17(2)23(33-28(36)37-16-18-9-5-3-6-10-18)27(35)39-20-13-14-21-22(15-20)40-26(29(30,31)32)25(24(21)34)38-19-11-7-4-8-12-19/h3-15,17,23H,16H2,1-2H3,(H,33,36). The minimum Gasteiger partial charge on any atom is -0.449 e. The predicted molar refractivity (Wildman–Crippen MR) is 138 cm³/mol. The molecule has 3 aromatic carbocycles. The van der Waals surface area contributed by atoms with Crippen molar-refractivity contribution in [3.05, 3.63) is 100 Å². The van der Waals surface area contributed by atoms with Gasteiger partial charge in [-0.2, -0.15) is 13.2 Å². The first-order valence-electron chi connectivity index (χ1n) is 12.1. The van der Waals surface area contributed by atoms with E-state index in [-0.39, 0.29) is 23.5 Å². The van der Waals surface area contributed by atoms with Gasteiger partial charge >= 0.3 is 18.2 Å². The topological polar surface area (TPSA) is 104 Å². The maximum Gasteiger partial charge on any atom is 0.453 e. The Labute approximate surface area is 226 Å². The van der Waals surface area contributed by atoms with Gasteiger partial charge in [-0.1, -0.05) is 62.4 Å². The van der Waals surface area contributed by atoms with Gasteiger partial charge in [-0.3, -0.25) is 4.79 Å². The number of amides is 1. The van der Waals surface area contributed by atoms with Crippen molar-refractivity contribution in [3.8, 4) is 17.2 Å². The van der Waals surface area contributed by atoms with Gasteiger partial charge in [0.2, 0.25) is 11.2 Å². The molecule has 1 unspecified atom stereocenters. The van der Waals surface area contributed by atoms with Gasteiger partial charge in [0, 0.05) is 6.07 Å². The number of carbonyl (C=O) groups is 2. The fourth-order valence-corrected chi connectivity index (χ4v) is 3.67. The van der Waals surface area contributed by atoms with Crippen molar-refractivity contribution in [2.24, 2.45) is 5.92 Å². The van der Waals surface area contributed by atoms with E-state index in [2.05, 4.69) is 5.32 Å². The molecule has 0 aliphatic carbocycles. The van der Waals surface area contributed by atoms with Crippen LogP contribution < -0.4 is 20.2 Å². The van der Waals surface area contributed by atoms with Gasteiger partial charge in [0.15, 0.2) is 0 Å². The Morgan fingerprint density at radius 1 is 0.925 bits per heavy atom. The van der Waals surface area contributed by atoms with Crippen LogP contribution in [0.25, 0.3) is 11.0 Å². The third-order valence-electron chi connectivity index (χ3n) is 5.67. The van der Waals surface area contributed by atoms with Crippen LogP contribution in [0.5, 0.6) is 17.2 Å². The molecule has 4 aromatic rings. The van der Waals surface area contributed by atoms with Gasteiger partial charge in [0.25, 0.3) is 5.76 Å². The number of alkyl carbamates (subject to hydrolysis) is 1. The van der Waals surface area contributed by atoms with Crippen LogP contribution in [-0.2, 0) is 22.3 Å². The summed E-state index contributed by atoms with van der Waals surface area (Å²) >= 11 is 0. The summed E-state index contributed by atoms with van der Waals surface area (Å²) in [5, 5.41) is 2.22. The maximum atomic E-state index is 13.8. The molecule has 1 N–H and O–H groups in total. The molecular weight excluding hydrogens is 531 g/mol. The zero-order valence-electron chi connectivity index (χ0n) is 21.4. The van der Waals surface area contributed by atoms with Crippen LogP contribution in [0, 0.1) is 5.92 Å². The molecule has 40 heavy (non-hydrogen) atoms. The number of hydrogen-bond donors (Lipinski definition) is 1. The number of benzene rings is 3. The number of rotatable bonds is 8. The molecule has 0 saturated carbocycles. The summed E-state index contributed by atoms with van der Waals surface area (Å²) in [4.78, 5) is 38.1. The largest absolute Gasteiger partial charge is 0.453 e. The molecule has 0 fully saturated rings. The van der Waals surface area contributed by atoms with E-state index in [1.165, 1.54) is 30.3 Å². The van der Waals surface area contributed by atoms with Crippen molar-refractivity contribution in [1.82, 2.24) is 5.32 Å². The van der Waals surface area contributed by atoms with Gasteiger partial charge in [-0.05, 0) is 35.7 Å².